The zero-order valence-electron chi connectivity index (χ0n) is 17.3. The predicted molar refractivity (Wildman–Crippen MR) is 107 cm³/mol. The van der Waals surface area contributed by atoms with Gasteiger partial charge in [0.25, 0.3) is 0 Å². The fraction of sp³-hybridized carbons (Fsp3) is 0.667. The maximum absolute atomic E-state index is 13.0. The van der Waals surface area contributed by atoms with E-state index in [0.717, 1.165) is 50.6 Å². The molecule has 1 unspecified atom stereocenters. The molecule has 0 amide bonds. The molecule has 1 aromatic rings. The van der Waals surface area contributed by atoms with Crippen molar-refractivity contribution in [1.29, 1.82) is 0 Å². The predicted octanol–water partition coefficient (Wildman–Crippen LogP) is 3.24. The summed E-state index contributed by atoms with van der Waals surface area (Å²) in [5.41, 5.74) is -0.136. The fourth-order valence-electron chi connectivity index (χ4n) is 3.66. The summed E-state index contributed by atoms with van der Waals surface area (Å²) in [6.45, 7) is 4.41. The number of rotatable bonds is 6. The summed E-state index contributed by atoms with van der Waals surface area (Å²) in [6, 6.07) is 5.34. The van der Waals surface area contributed by atoms with E-state index in [4.69, 9.17) is 14.2 Å². The molecule has 30 heavy (non-hydrogen) atoms. The van der Waals surface area contributed by atoms with E-state index in [-0.39, 0.29) is 6.10 Å². The van der Waals surface area contributed by atoms with Gasteiger partial charge in [-0.25, -0.2) is 0 Å². The highest BCUT2D eigenvalue weighted by Gasteiger charge is 2.32. The molecule has 168 valence electrons. The lowest BCUT2D eigenvalue weighted by molar-refractivity contribution is -0.137. The van der Waals surface area contributed by atoms with Crippen LogP contribution in [0, 0.1) is 0 Å². The second-order valence-electron chi connectivity index (χ2n) is 7.44. The van der Waals surface area contributed by atoms with Crippen LogP contribution in [0.15, 0.2) is 29.3 Å². The van der Waals surface area contributed by atoms with E-state index in [2.05, 4.69) is 10.3 Å². The van der Waals surface area contributed by atoms with Crippen molar-refractivity contribution < 1.29 is 27.4 Å². The summed E-state index contributed by atoms with van der Waals surface area (Å²) < 4.78 is 56.0. The van der Waals surface area contributed by atoms with Crippen LogP contribution in [0.25, 0.3) is 0 Å². The van der Waals surface area contributed by atoms with Crippen molar-refractivity contribution in [3.8, 4) is 0 Å². The molecule has 2 aliphatic heterocycles. The van der Waals surface area contributed by atoms with Gasteiger partial charge in [-0.2, -0.15) is 13.2 Å². The Morgan fingerprint density at radius 2 is 2.07 bits per heavy atom. The van der Waals surface area contributed by atoms with E-state index in [1.807, 2.05) is 4.90 Å². The Kier molecular flexibility index (Phi) is 8.35. The lowest BCUT2D eigenvalue weighted by atomic mass is 10.0. The minimum Gasteiger partial charge on any atom is -0.381 e. The number of nitrogens with zero attached hydrogens (tertiary/aromatic N) is 2. The molecule has 3 rings (SSSR count). The molecule has 1 N–H and O–H groups in total. The van der Waals surface area contributed by atoms with Gasteiger partial charge in [-0.3, -0.25) is 4.99 Å². The molecule has 1 aromatic carbocycles. The van der Waals surface area contributed by atoms with Crippen molar-refractivity contribution in [1.82, 2.24) is 10.2 Å². The summed E-state index contributed by atoms with van der Waals surface area (Å²) >= 11 is 0. The number of alkyl halides is 3. The van der Waals surface area contributed by atoms with Gasteiger partial charge >= 0.3 is 6.18 Å². The number of ether oxygens (including phenoxy) is 3. The normalized spacial score (nSPS) is 21.7. The second-order valence-corrected chi connectivity index (χ2v) is 7.44. The van der Waals surface area contributed by atoms with Crippen LogP contribution in [0.3, 0.4) is 0 Å². The Bertz CT molecular complexity index is 694. The van der Waals surface area contributed by atoms with Crippen LogP contribution >= 0.6 is 0 Å². The first-order valence-electron chi connectivity index (χ1n) is 10.4. The third-order valence-corrected chi connectivity index (χ3v) is 5.29. The van der Waals surface area contributed by atoms with Gasteiger partial charge in [0.05, 0.1) is 24.8 Å². The molecule has 2 aliphatic rings. The Labute approximate surface area is 175 Å². The van der Waals surface area contributed by atoms with Crippen LogP contribution in [0.2, 0.25) is 0 Å². The number of morpholine rings is 1. The molecule has 0 radical (unpaired) electrons. The molecule has 9 heteroatoms. The molecule has 0 aromatic heterocycles. The topological polar surface area (TPSA) is 55.3 Å². The Morgan fingerprint density at radius 1 is 1.27 bits per heavy atom. The summed E-state index contributed by atoms with van der Waals surface area (Å²) in [7, 11) is 1.70. The van der Waals surface area contributed by atoms with Gasteiger partial charge in [0.15, 0.2) is 5.96 Å². The van der Waals surface area contributed by atoms with Crippen LogP contribution in [0.5, 0.6) is 0 Å². The number of guanidine groups is 1. The number of hydrogen-bond donors (Lipinski definition) is 1. The SMILES string of the molecule is CN=C(NCCCOC1CCOCC1)N1CCOC(c2cccc(C(F)(F)F)c2)C1. The van der Waals surface area contributed by atoms with E-state index >= 15 is 0 Å². The highest BCUT2D eigenvalue weighted by atomic mass is 19.4. The van der Waals surface area contributed by atoms with Crippen LogP contribution in [0.1, 0.15) is 36.5 Å². The molecule has 0 aliphatic carbocycles. The highest BCUT2D eigenvalue weighted by Crippen LogP contribution is 2.32. The highest BCUT2D eigenvalue weighted by molar-refractivity contribution is 5.80. The third kappa shape index (κ3) is 6.58. The van der Waals surface area contributed by atoms with Gasteiger partial charge in [-0.1, -0.05) is 12.1 Å². The van der Waals surface area contributed by atoms with Crippen molar-refractivity contribution in [2.24, 2.45) is 4.99 Å². The summed E-state index contributed by atoms with van der Waals surface area (Å²) in [5.74, 6) is 0.723. The Morgan fingerprint density at radius 3 is 2.80 bits per heavy atom. The standard InChI is InChI=1S/C21H30F3N3O3/c1-25-20(26-8-3-10-29-18-6-11-28-12-7-18)27-9-13-30-19(15-27)16-4-2-5-17(14-16)21(22,23)24/h2,4-5,14,18-19H,3,6-13,15H2,1H3,(H,25,26). The quantitative estimate of drug-likeness (QED) is 0.428. The van der Waals surface area contributed by atoms with E-state index < -0.39 is 17.8 Å². The van der Waals surface area contributed by atoms with Crippen molar-refractivity contribution in [2.45, 2.75) is 37.6 Å². The maximum atomic E-state index is 13.0. The molecule has 0 spiro atoms. The minimum atomic E-state index is -4.37. The van der Waals surface area contributed by atoms with Gasteiger partial charge in [0, 0.05) is 40.0 Å². The van der Waals surface area contributed by atoms with E-state index in [1.54, 1.807) is 13.1 Å². The Balaban J connectivity index is 1.47. The van der Waals surface area contributed by atoms with Gasteiger partial charge < -0.3 is 24.4 Å². The smallest absolute Gasteiger partial charge is 0.381 e. The zero-order valence-corrected chi connectivity index (χ0v) is 17.3. The average molecular weight is 429 g/mol. The summed E-state index contributed by atoms with van der Waals surface area (Å²) in [4.78, 5) is 6.34. The lowest BCUT2D eigenvalue weighted by Crippen LogP contribution is -2.48. The monoisotopic (exact) mass is 429 g/mol. The van der Waals surface area contributed by atoms with Crippen LogP contribution in [-0.2, 0) is 20.4 Å². The molecule has 2 heterocycles. The van der Waals surface area contributed by atoms with Crippen LogP contribution < -0.4 is 5.32 Å². The molecule has 0 saturated carbocycles. The van der Waals surface area contributed by atoms with Gasteiger partial charge in [-0.15, -0.1) is 0 Å². The van der Waals surface area contributed by atoms with E-state index in [9.17, 15) is 13.2 Å². The molecule has 2 saturated heterocycles. The van der Waals surface area contributed by atoms with Crippen molar-refractivity contribution >= 4 is 5.96 Å². The number of hydrogen-bond acceptors (Lipinski definition) is 4. The maximum Gasteiger partial charge on any atom is 0.416 e. The molecule has 6 nitrogen and oxygen atoms in total. The number of nitrogens with one attached hydrogen (secondary N) is 1. The van der Waals surface area contributed by atoms with Crippen molar-refractivity contribution in [3.05, 3.63) is 35.4 Å². The summed E-state index contributed by atoms with van der Waals surface area (Å²) in [6.07, 6.45) is -1.78. The Hall–Kier alpha value is -1.84. The minimum absolute atomic E-state index is 0.283. The first-order chi connectivity index (χ1) is 14.5. The average Bonchev–Trinajstić information content (AvgIpc) is 2.76. The lowest BCUT2D eigenvalue weighted by Gasteiger charge is -2.35. The van der Waals surface area contributed by atoms with Gasteiger partial charge in [0.1, 0.15) is 6.10 Å². The number of halogens is 3. The molecule has 0 bridgehead atoms. The largest absolute Gasteiger partial charge is 0.416 e. The summed E-state index contributed by atoms with van der Waals surface area (Å²) in [5, 5.41) is 3.32. The van der Waals surface area contributed by atoms with Crippen LogP contribution in [0.4, 0.5) is 13.2 Å². The van der Waals surface area contributed by atoms with Gasteiger partial charge in [-0.05, 0) is 37.0 Å². The van der Waals surface area contributed by atoms with Crippen molar-refractivity contribution in [2.75, 3.05) is 53.1 Å². The van der Waals surface area contributed by atoms with Crippen molar-refractivity contribution in [3.63, 3.8) is 0 Å². The molecular weight excluding hydrogens is 399 g/mol. The van der Waals surface area contributed by atoms with E-state index in [1.165, 1.54) is 6.07 Å². The number of aliphatic imine (C=N–C) groups is 1. The third-order valence-electron chi connectivity index (χ3n) is 5.29. The van der Waals surface area contributed by atoms with E-state index in [0.29, 0.717) is 38.4 Å². The number of benzene rings is 1. The first-order valence-corrected chi connectivity index (χ1v) is 10.4. The second kappa shape index (κ2) is 11.0. The fourth-order valence-corrected chi connectivity index (χ4v) is 3.66. The molecule has 1 atom stereocenters. The first kappa shape index (κ1) is 22.8. The molecule has 2 fully saturated rings. The zero-order chi connectivity index (χ0) is 21.4. The molecular formula is C21H30F3N3O3. The van der Waals surface area contributed by atoms with Crippen LogP contribution in [-0.4, -0.2) is 70.1 Å². The van der Waals surface area contributed by atoms with Gasteiger partial charge in [0.2, 0.25) is 0 Å².